The molecule has 0 saturated carbocycles. The van der Waals surface area contributed by atoms with E-state index >= 15 is 0 Å². The standard InChI is InChI=1S/C17H17N3O/c1-13-7-9-14(10-8-13)16-11-20(19-18-16)17(12-21)15-5-3-2-4-6-15/h2-11,17,21H,12H2,1H3. The van der Waals surface area contributed by atoms with Crippen molar-refractivity contribution in [3.63, 3.8) is 0 Å². The predicted molar refractivity (Wildman–Crippen MR) is 81.9 cm³/mol. The van der Waals surface area contributed by atoms with Gasteiger partial charge in [0.25, 0.3) is 0 Å². The first kappa shape index (κ1) is 13.5. The van der Waals surface area contributed by atoms with E-state index in [-0.39, 0.29) is 12.6 Å². The lowest BCUT2D eigenvalue weighted by atomic mass is 10.1. The van der Waals surface area contributed by atoms with Crippen LogP contribution in [0.4, 0.5) is 0 Å². The molecule has 3 rings (SSSR count). The molecule has 4 nitrogen and oxygen atoms in total. The summed E-state index contributed by atoms with van der Waals surface area (Å²) in [5.74, 6) is 0. The Morgan fingerprint density at radius 1 is 1.05 bits per heavy atom. The number of aliphatic hydroxyl groups is 1. The van der Waals surface area contributed by atoms with Crippen LogP contribution >= 0.6 is 0 Å². The highest BCUT2D eigenvalue weighted by Crippen LogP contribution is 2.21. The average molecular weight is 279 g/mol. The molecule has 0 spiro atoms. The highest BCUT2D eigenvalue weighted by Gasteiger charge is 2.15. The minimum absolute atomic E-state index is 0.0132. The van der Waals surface area contributed by atoms with Crippen molar-refractivity contribution in [3.05, 3.63) is 71.9 Å². The monoisotopic (exact) mass is 279 g/mol. The van der Waals surface area contributed by atoms with Crippen LogP contribution < -0.4 is 0 Å². The lowest BCUT2D eigenvalue weighted by Gasteiger charge is -2.13. The Labute approximate surface area is 123 Å². The van der Waals surface area contributed by atoms with Crippen LogP contribution in [-0.4, -0.2) is 26.7 Å². The Balaban J connectivity index is 1.92. The van der Waals surface area contributed by atoms with E-state index in [2.05, 4.69) is 29.4 Å². The quantitative estimate of drug-likeness (QED) is 0.799. The molecule has 0 amide bonds. The van der Waals surface area contributed by atoms with E-state index in [1.165, 1.54) is 5.56 Å². The van der Waals surface area contributed by atoms with Gasteiger partial charge in [0.1, 0.15) is 11.7 Å². The second-order valence-electron chi connectivity index (χ2n) is 5.06. The van der Waals surface area contributed by atoms with E-state index in [1.807, 2.05) is 48.7 Å². The summed E-state index contributed by atoms with van der Waals surface area (Å²) < 4.78 is 1.71. The molecule has 0 fully saturated rings. The molecule has 21 heavy (non-hydrogen) atoms. The van der Waals surface area contributed by atoms with Gasteiger partial charge in [0, 0.05) is 5.56 Å². The number of hydrogen-bond donors (Lipinski definition) is 1. The van der Waals surface area contributed by atoms with Gasteiger partial charge < -0.3 is 5.11 Å². The van der Waals surface area contributed by atoms with E-state index < -0.39 is 0 Å². The number of aliphatic hydroxyl groups excluding tert-OH is 1. The molecule has 0 aliphatic rings. The lowest BCUT2D eigenvalue weighted by molar-refractivity contribution is 0.239. The number of benzene rings is 2. The average Bonchev–Trinajstić information content (AvgIpc) is 2.99. The topological polar surface area (TPSA) is 50.9 Å². The van der Waals surface area contributed by atoms with Gasteiger partial charge in [0.05, 0.1) is 12.8 Å². The van der Waals surface area contributed by atoms with Crippen LogP contribution in [0.15, 0.2) is 60.8 Å². The van der Waals surface area contributed by atoms with Crippen LogP contribution in [0.1, 0.15) is 17.2 Å². The summed E-state index contributed by atoms with van der Waals surface area (Å²) in [5, 5.41) is 18.0. The molecule has 4 heteroatoms. The van der Waals surface area contributed by atoms with Gasteiger partial charge in [-0.05, 0) is 12.5 Å². The van der Waals surface area contributed by atoms with Crippen LogP contribution in [-0.2, 0) is 0 Å². The van der Waals surface area contributed by atoms with Crippen molar-refractivity contribution in [2.24, 2.45) is 0 Å². The third kappa shape index (κ3) is 2.85. The summed E-state index contributed by atoms with van der Waals surface area (Å²) in [4.78, 5) is 0. The minimum Gasteiger partial charge on any atom is -0.394 e. The molecule has 0 saturated heterocycles. The smallest absolute Gasteiger partial charge is 0.113 e. The van der Waals surface area contributed by atoms with Gasteiger partial charge in [-0.1, -0.05) is 65.4 Å². The highest BCUT2D eigenvalue weighted by atomic mass is 16.3. The van der Waals surface area contributed by atoms with Crippen molar-refractivity contribution in [2.75, 3.05) is 6.61 Å². The largest absolute Gasteiger partial charge is 0.394 e. The molecule has 1 N–H and O–H groups in total. The SMILES string of the molecule is Cc1ccc(-c2cn(C(CO)c3ccccc3)nn2)cc1. The maximum Gasteiger partial charge on any atom is 0.113 e. The predicted octanol–water partition coefficient (Wildman–Crippen LogP) is 2.84. The van der Waals surface area contributed by atoms with Crippen LogP contribution in [0.3, 0.4) is 0 Å². The highest BCUT2D eigenvalue weighted by molar-refractivity contribution is 5.57. The van der Waals surface area contributed by atoms with Crippen LogP contribution in [0, 0.1) is 6.92 Å². The van der Waals surface area contributed by atoms with Crippen molar-refractivity contribution in [1.29, 1.82) is 0 Å². The maximum absolute atomic E-state index is 9.66. The van der Waals surface area contributed by atoms with Crippen molar-refractivity contribution >= 4 is 0 Å². The van der Waals surface area contributed by atoms with Gasteiger partial charge in [-0.3, -0.25) is 0 Å². The Bertz CT molecular complexity index is 704. The molecule has 2 aromatic carbocycles. The fourth-order valence-corrected chi connectivity index (χ4v) is 2.30. The van der Waals surface area contributed by atoms with Crippen LogP contribution in [0.2, 0.25) is 0 Å². The third-order valence-electron chi connectivity index (χ3n) is 3.53. The third-order valence-corrected chi connectivity index (χ3v) is 3.53. The van der Waals surface area contributed by atoms with Gasteiger partial charge >= 0.3 is 0 Å². The molecule has 1 heterocycles. The molecule has 1 atom stereocenters. The first-order valence-corrected chi connectivity index (χ1v) is 6.92. The second-order valence-corrected chi connectivity index (χ2v) is 5.06. The summed E-state index contributed by atoms with van der Waals surface area (Å²) in [5.41, 5.74) is 4.06. The molecular weight excluding hydrogens is 262 g/mol. The zero-order chi connectivity index (χ0) is 14.7. The summed E-state index contributed by atoms with van der Waals surface area (Å²) in [7, 11) is 0. The summed E-state index contributed by atoms with van der Waals surface area (Å²) in [6.07, 6.45) is 1.87. The van der Waals surface area contributed by atoms with Gasteiger partial charge in [0.15, 0.2) is 0 Å². The van der Waals surface area contributed by atoms with E-state index in [9.17, 15) is 5.11 Å². The van der Waals surface area contributed by atoms with Crippen molar-refractivity contribution < 1.29 is 5.11 Å². The van der Waals surface area contributed by atoms with E-state index in [0.29, 0.717) is 0 Å². The fourth-order valence-electron chi connectivity index (χ4n) is 2.30. The first-order valence-electron chi connectivity index (χ1n) is 6.92. The van der Waals surface area contributed by atoms with Gasteiger partial charge in [-0.2, -0.15) is 0 Å². The minimum atomic E-state index is -0.210. The van der Waals surface area contributed by atoms with E-state index in [4.69, 9.17) is 0 Å². The Hall–Kier alpha value is -2.46. The summed E-state index contributed by atoms with van der Waals surface area (Å²) in [6, 6.07) is 17.8. The summed E-state index contributed by atoms with van der Waals surface area (Å²) in [6.45, 7) is 2.04. The number of hydrogen-bond acceptors (Lipinski definition) is 3. The molecule has 106 valence electrons. The molecule has 0 aliphatic heterocycles. The van der Waals surface area contributed by atoms with Crippen LogP contribution in [0.25, 0.3) is 11.3 Å². The number of nitrogens with zero attached hydrogens (tertiary/aromatic N) is 3. The van der Waals surface area contributed by atoms with E-state index in [0.717, 1.165) is 16.8 Å². The molecule has 1 aromatic heterocycles. The Morgan fingerprint density at radius 3 is 2.43 bits per heavy atom. The molecule has 0 aliphatic carbocycles. The zero-order valence-electron chi connectivity index (χ0n) is 11.8. The zero-order valence-corrected chi connectivity index (χ0v) is 11.8. The maximum atomic E-state index is 9.66. The lowest BCUT2D eigenvalue weighted by Crippen LogP contribution is -2.15. The van der Waals surface area contributed by atoms with Gasteiger partial charge in [0.2, 0.25) is 0 Å². The van der Waals surface area contributed by atoms with Crippen molar-refractivity contribution in [2.45, 2.75) is 13.0 Å². The van der Waals surface area contributed by atoms with Gasteiger partial charge in [-0.25, -0.2) is 4.68 Å². The number of aromatic nitrogens is 3. The second kappa shape index (κ2) is 5.89. The van der Waals surface area contributed by atoms with E-state index in [1.54, 1.807) is 4.68 Å². The molecular formula is C17H17N3O. The normalized spacial score (nSPS) is 12.3. The van der Waals surface area contributed by atoms with Gasteiger partial charge in [-0.15, -0.1) is 5.10 Å². The Morgan fingerprint density at radius 2 is 1.76 bits per heavy atom. The molecule has 1 unspecified atom stereocenters. The van der Waals surface area contributed by atoms with Crippen molar-refractivity contribution in [1.82, 2.24) is 15.0 Å². The molecule has 0 bridgehead atoms. The number of aryl methyl sites for hydroxylation is 1. The fraction of sp³-hybridized carbons (Fsp3) is 0.176. The summed E-state index contributed by atoms with van der Waals surface area (Å²) >= 11 is 0. The Kier molecular flexibility index (Phi) is 3.79. The van der Waals surface area contributed by atoms with Crippen LogP contribution in [0.5, 0.6) is 0 Å². The van der Waals surface area contributed by atoms with Crippen molar-refractivity contribution in [3.8, 4) is 11.3 Å². The molecule has 0 radical (unpaired) electrons. The molecule has 3 aromatic rings. The number of rotatable bonds is 4. The first-order chi connectivity index (χ1) is 10.3.